The van der Waals surface area contributed by atoms with Gasteiger partial charge in [-0.05, 0) is 73.8 Å². The Kier molecular flexibility index (Phi) is 7.77. The van der Waals surface area contributed by atoms with E-state index in [4.69, 9.17) is 9.47 Å². The molecule has 0 fully saturated rings. The first kappa shape index (κ1) is 24.1. The number of carbonyl (C=O) groups excluding carboxylic acids is 2. The first-order valence-electron chi connectivity index (χ1n) is 11.3. The molecule has 0 bridgehead atoms. The van der Waals surface area contributed by atoms with E-state index in [1.807, 2.05) is 31.2 Å². The highest BCUT2D eigenvalue weighted by Gasteiger charge is 2.34. The minimum atomic E-state index is -0.356. The Hall–Kier alpha value is -2.60. The molecule has 5 nitrogen and oxygen atoms in total. The van der Waals surface area contributed by atoms with Crippen molar-refractivity contribution < 1.29 is 19.1 Å². The van der Waals surface area contributed by atoms with E-state index in [2.05, 4.69) is 26.1 Å². The maximum absolute atomic E-state index is 12.7. The molecule has 0 saturated heterocycles. The third-order valence-electron chi connectivity index (χ3n) is 5.82. The number of hydrogen-bond donors (Lipinski definition) is 1. The summed E-state index contributed by atoms with van der Waals surface area (Å²) in [6.45, 7) is 11.4. The molecular formula is C26H33NO4S. The number of benzene rings is 1. The highest BCUT2D eigenvalue weighted by Crippen LogP contribution is 2.44. The lowest BCUT2D eigenvalue weighted by atomic mass is 9.72. The van der Waals surface area contributed by atoms with Crippen LogP contribution in [-0.4, -0.2) is 25.1 Å². The van der Waals surface area contributed by atoms with E-state index in [0.29, 0.717) is 29.7 Å². The summed E-state index contributed by atoms with van der Waals surface area (Å²) in [5, 5.41) is 3.52. The van der Waals surface area contributed by atoms with Crippen molar-refractivity contribution in [2.75, 3.05) is 18.5 Å². The lowest BCUT2D eigenvalue weighted by Gasteiger charge is -2.33. The number of amides is 1. The molecule has 6 heteroatoms. The molecule has 1 amide bonds. The number of esters is 1. The quantitative estimate of drug-likeness (QED) is 0.403. The van der Waals surface area contributed by atoms with Crippen molar-refractivity contribution >= 4 is 34.3 Å². The van der Waals surface area contributed by atoms with Crippen molar-refractivity contribution in [1.29, 1.82) is 0 Å². The van der Waals surface area contributed by atoms with E-state index in [0.717, 1.165) is 36.1 Å². The maximum Gasteiger partial charge on any atom is 0.341 e. The number of rotatable bonds is 7. The average molecular weight is 456 g/mol. The molecule has 0 saturated carbocycles. The smallest absolute Gasteiger partial charge is 0.341 e. The van der Waals surface area contributed by atoms with Gasteiger partial charge in [0.05, 0.1) is 18.8 Å². The van der Waals surface area contributed by atoms with Crippen LogP contribution in [0.25, 0.3) is 6.08 Å². The molecule has 172 valence electrons. The van der Waals surface area contributed by atoms with Gasteiger partial charge in [0.25, 0.3) is 0 Å². The second-order valence-electron chi connectivity index (χ2n) is 9.06. The molecule has 1 N–H and O–H groups in total. The lowest BCUT2D eigenvalue weighted by molar-refractivity contribution is -0.111. The summed E-state index contributed by atoms with van der Waals surface area (Å²) < 4.78 is 10.8. The van der Waals surface area contributed by atoms with E-state index in [9.17, 15) is 9.59 Å². The van der Waals surface area contributed by atoms with Gasteiger partial charge in [0, 0.05) is 11.0 Å². The van der Waals surface area contributed by atoms with Crippen LogP contribution in [0.1, 0.15) is 67.4 Å². The molecule has 1 aliphatic carbocycles. The molecule has 2 aromatic rings. The van der Waals surface area contributed by atoms with E-state index >= 15 is 0 Å². The van der Waals surface area contributed by atoms with Gasteiger partial charge in [-0.15, -0.1) is 11.3 Å². The van der Waals surface area contributed by atoms with Gasteiger partial charge in [0.15, 0.2) is 0 Å². The Balaban J connectivity index is 1.79. The number of carbonyl (C=O) groups is 2. The number of hydrogen-bond acceptors (Lipinski definition) is 5. The highest BCUT2D eigenvalue weighted by atomic mass is 32.1. The van der Waals surface area contributed by atoms with E-state index in [1.54, 1.807) is 13.0 Å². The molecule has 1 unspecified atom stereocenters. The molecule has 0 aliphatic heterocycles. The summed E-state index contributed by atoms with van der Waals surface area (Å²) in [7, 11) is 0. The molecule has 1 heterocycles. The SMILES string of the molecule is CCOC(=O)c1c(NC(=O)/C=C/c2ccc(OCC)cc2)sc2c1CCC(C(C)(C)C)C2. The maximum atomic E-state index is 12.7. The van der Waals surface area contributed by atoms with Gasteiger partial charge in [-0.1, -0.05) is 32.9 Å². The summed E-state index contributed by atoms with van der Waals surface area (Å²) >= 11 is 1.51. The van der Waals surface area contributed by atoms with Crippen molar-refractivity contribution in [3.8, 4) is 5.75 Å². The van der Waals surface area contributed by atoms with Crippen molar-refractivity contribution in [3.05, 3.63) is 51.9 Å². The molecule has 1 aromatic carbocycles. The predicted molar refractivity (Wildman–Crippen MR) is 131 cm³/mol. The first-order valence-corrected chi connectivity index (χ1v) is 12.1. The summed E-state index contributed by atoms with van der Waals surface area (Å²) in [6, 6.07) is 7.54. The topological polar surface area (TPSA) is 64.6 Å². The monoisotopic (exact) mass is 455 g/mol. The van der Waals surface area contributed by atoms with Crippen molar-refractivity contribution in [2.24, 2.45) is 11.3 Å². The van der Waals surface area contributed by atoms with E-state index < -0.39 is 0 Å². The summed E-state index contributed by atoms with van der Waals surface area (Å²) in [4.78, 5) is 26.6. The van der Waals surface area contributed by atoms with Crippen LogP contribution in [0.2, 0.25) is 0 Å². The van der Waals surface area contributed by atoms with Crippen LogP contribution in [0.5, 0.6) is 5.75 Å². The van der Waals surface area contributed by atoms with Crippen LogP contribution in [0, 0.1) is 11.3 Å². The normalized spacial score (nSPS) is 16.0. The minimum absolute atomic E-state index is 0.204. The van der Waals surface area contributed by atoms with Gasteiger partial charge < -0.3 is 14.8 Å². The Bertz CT molecular complexity index is 982. The summed E-state index contributed by atoms with van der Waals surface area (Å²) in [5.74, 6) is 0.720. The minimum Gasteiger partial charge on any atom is -0.494 e. The Morgan fingerprint density at radius 3 is 2.50 bits per heavy atom. The van der Waals surface area contributed by atoms with Gasteiger partial charge in [-0.25, -0.2) is 4.79 Å². The number of nitrogens with one attached hydrogen (secondary N) is 1. The summed E-state index contributed by atoms with van der Waals surface area (Å²) in [6.07, 6.45) is 6.03. The summed E-state index contributed by atoms with van der Waals surface area (Å²) in [5.41, 5.74) is 2.67. The van der Waals surface area contributed by atoms with Crippen molar-refractivity contribution in [1.82, 2.24) is 0 Å². The zero-order chi connectivity index (χ0) is 23.3. The fourth-order valence-corrected chi connectivity index (χ4v) is 5.32. The number of thiophene rings is 1. The Labute approximate surface area is 194 Å². The van der Waals surface area contributed by atoms with Crippen LogP contribution in [0.4, 0.5) is 5.00 Å². The standard InChI is InChI=1S/C26H33NO4S/c1-6-30-19-12-8-17(9-13-19)10-15-22(28)27-24-23(25(29)31-7-2)20-14-11-18(26(3,4)5)16-21(20)32-24/h8-10,12-13,15,18H,6-7,11,14,16H2,1-5H3,(H,27,28)/b15-10+. The zero-order valence-electron chi connectivity index (χ0n) is 19.6. The van der Waals surface area contributed by atoms with E-state index in [1.165, 1.54) is 22.3 Å². The van der Waals surface area contributed by atoms with E-state index in [-0.39, 0.29) is 17.3 Å². The molecular weight excluding hydrogens is 422 g/mol. The van der Waals surface area contributed by atoms with Crippen LogP contribution in [-0.2, 0) is 22.4 Å². The second-order valence-corrected chi connectivity index (χ2v) is 10.2. The third kappa shape index (κ3) is 5.80. The number of ether oxygens (including phenoxy) is 2. The van der Waals surface area contributed by atoms with Crippen molar-refractivity contribution in [3.63, 3.8) is 0 Å². The lowest BCUT2D eigenvalue weighted by Crippen LogP contribution is -2.26. The molecule has 32 heavy (non-hydrogen) atoms. The van der Waals surface area contributed by atoms with Gasteiger partial charge in [-0.2, -0.15) is 0 Å². The van der Waals surface area contributed by atoms with Crippen LogP contribution in [0.15, 0.2) is 30.3 Å². The van der Waals surface area contributed by atoms with Gasteiger partial charge >= 0.3 is 5.97 Å². The third-order valence-corrected chi connectivity index (χ3v) is 6.99. The Morgan fingerprint density at radius 1 is 1.16 bits per heavy atom. The molecule has 1 atom stereocenters. The van der Waals surface area contributed by atoms with Crippen LogP contribution >= 0.6 is 11.3 Å². The molecule has 1 aliphatic rings. The Morgan fingerprint density at radius 2 is 1.88 bits per heavy atom. The molecule has 3 rings (SSSR count). The first-order chi connectivity index (χ1) is 15.2. The molecule has 0 radical (unpaired) electrons. The number of anilines is 1. The van der Waals surface area contributed by atoms with Crippen LogP contribution in [0.3, 0.4) is 0 Å². The second kappa shape index (κ2) is 10.3. The highest BCUT2D eigenvalue weighted by molar-refractivity contribution is 7.17. The number of fused-ring (bicyclic) bond motifs is 1. The fourth-order valence-electron chi connectivity index (χ4n) is 4.00. The molecule has 1 aromatic heterocycles. The zero-order valence-corrected chi connectivity index (χ0v) is 20.4. The fraction of sp³-hybridized carbons (Fsp3) is 0.462. The van der Waals surface area contributed by atoms with Gasteiger partial charge in [0.1, 0.15) is 10.8 Å². The predicted octanol–water partition coefficient (Wildman–Crippen LogP) is 6.13. The van der Waals surface area contributed by atoms with Gasteiger partial charge in [-0.3, -0.25) is 4.79 Å². The average Bonchev–Trinajstić information content (AvgIpc) is 3.10. The van der Waals surface area contributed by atoms with Gasteiger partial charge in [0.2, 0.25) is 5.91 Å². The van der Waals surface area contributed by atoms with Crippen LogP contribution < -0.4 is 10.1 Å². The molecule has 0 spiro atoms. The largest absolute Gasteiger partial charge is 0.494 e. The van der Waals surface area contributed by atoms with Crippen molar-refractivity contribution in [2.45, 2.75) is 53.9 Å².